The second kappa shape index (κ2) is 5.39. The van der Waals surface area contributed by atoms with Crippen molar-refractivity contribution in [1.82, 2.24) is 5.32 Å². The summed E-state index contributed by atoms with van der Waals surface area (Å²) < 4.78 is 19.1. The predicted molar refractivity (Wildman–Crippen MR) is 72.2 cm³/mol. The number of rotatable bonds is 3. The van der Waals surface area contributed by atoms with Crippen molar-refractivity contribution in [3.05, 3.63) is 40.6 Å². The SMILES string of the molecule is C=CCN=C(N)NC1COc2cc(F)c(Br)cc21. The third-order valence-electron chi connectivity index (χ3n) is 2.55. The van der Waals surface area contributed by atoms with E-state index in [2.05, 4.69) is 32.8 Å². The second-order valence-electron chi connectivity index (χ2n) is 3.83. The number of fused-ring (bicyclic) bond motifs is 1. The first-order valence-electron chi connectivity index (χ1n) is 5.41. The van der Waals surface area contributed by atoms with Gasteiger partial charge in [-0.15, -0.1) is 6.58 Å². The molecule has 96 valence electrons. The molecule has 0 aromatic heterocycles. The van der Waals surface area contributed by atoms with Crippen LogP contribution < -0.4 is 15.8 Å². The first-order valence-corrected chi connectivity index (χ1v) is 6.20. The van der Waals surface area contributed by atoms with Crippen molar-refractivity contribution in [2.45, 2.75) is 6.04 Å². The minimum atomic E-state index is -0.345. The number of nitrogens with one attached hydrogen (secondary N) is 1. The van der Waals surface area contributed by atoms with Crippen LogP contribution in [0, 0.1) is 5.82 Å². The van der Waals surface area contributed by atoms with Crippen molar-refractivity contribution in [1.29, 1.82) is 0 Å². The Labute approximate surface area is 113 Å². The normalized spacial score (nSPS) is 18.1. The zero-order valence-corrected chi connectivity index (χ0v) is 11.2. The molecule has 1 atom stereocenters. The minimum Gasteiger partial charge on any atom is -0.491 e. The molecule has 1 aromatic carbocycles. The molecule has 0 aliphatic carbocycles. The number of ether oxygens (including phenoxy) is 1. The fourth-order valence-corrected chi connectivity index (χ4v) is 2.07. The lowest BCUT2D eigenvalue weighted by atomic mass is 10.1. The van der Waals surface area contributed by atoms with Crippen LogP contribution in [0.3, 0.4) is 0 Å². The molecule has 1 heterocycles. The average Bonchev–Trinajstić information content (AvgIpc) is 2.70. The highest BCUT2D eigenvalue weighted by Crippen LogP contribution is 2.35. The summed E-state index contributed by atoms with van der Waals surface area (Å²) in [6.07, 6.45) is 1.65. The summed E-state index contributed by atoms with van der Waals surface area (Å²) in [6, 6.07) is 2.93. The number of aliphatic imine (C=N–C) groups is 1. The van der Waals surface area contributed by atoms with Crippen molar-refractivity contribution < 1.29 is 9.13 Å². The number of hydrogen-bond acceptors (Lipinski definition) is 2. The molecule has 18 heavy (non-hydrogen) atoms. The van der Waals surface area contributed by atoms with E-state index < -0.39 is 0 Å². The van der Waals surface area contributed by atoms with Crippen LogP contribution in [-0.4, -0.2) is 19.1 Å². The van der Waals surface area contributed by atoms with Crippen LogP contribution in [0.2, 0.25) is 0 Å². The summed E-state index contributed by atoms with van der Waals surface area (Å²) in [5.41, 5.74) is 6.58. The minimum absolute atomic E-state index is 0.120. The highest BCUT2D eigenvalue weighted by molar-refractivity contribution is 9.10. The molecular weight excluding hydrogens is 301 g/mol. The van der Waals surface area contributed by atoms with Gasteiger partial charge in [0.15, 0.2) is 5.96 Å². The number of halogens is 2. The highest BCUT2D eigenvalue weighted by atomic mass is 79.9. The van der Waals surface area contributed by atoms with Crippen LogP contribution in [0.25, 0.3) is 0 Å². The van der Waals surface area contributed by atoms with Crippen LogP contribution in [0.5, 0.6) is 5.75 Å². The molecule has 6 heteroatoms. The van der Waals surface area contributed by atoms with Gasteiger partial charge < -0.3 is 15.8 Å². The molecule has 0 fully saturated rings. The summed E-state index contributed by atoms with van der Waals surface area (Å²) in [5.74, 6) is 0.504. The molecular formula is C12H13BrFN3O. The first kappa shape index (κ1) is 12.9. The molecule has 1 aliphatic heterocycles. The van der Waals surface area contributed by atoms with E-state index >= 15 is 0 Å². The highest BCUT2D eigenvalue weighted by Gasteiger charge is 2.26. The fraction of sp³-hybridized carbons (Fsp3) is 0.250. The Kier molecular flexibility index (Phi) is 3.86. The molecule has 0 bridgehead atoms. The monoisotopic (exact) mass is 313 g/mol. The summed E-state index contributed by atoms with van der Waals surface area (Å²) in [4.78, 5) is 4.04. The summed E-state index contributed by atoms with van der Waals surface area (Å²) in [7, 11) is 0. The lowest BCUT2D eigenvalue weighted by molar-refractivity contribution is 0.323. The Hall–Kier alpha value is -1.56. The van der Waals surface area contributed by atoms with Gasteiger partial charge in [-0.3, -0.25) is 0 Å². The first-order chi connectivity index (χ1) is 8.61. The molecule has 4 nitrogen and oxygen atoms in total. The Bertz CT molecular complexity index is 504. The van der Waals surface area contributed by atoms with Gasteiger partial charge in [0.05, 0.1) is 17.1 Å². The van der Waals surface area contributed by atoms with Crippen molar-refractivity contribution >= 4 is 21.9 Å². The topological polar surface area (TPSA) is 59.6 Å². The van der Waals surface area contributed by atoms with E-state index in [4.69, 9.17) is 10.5 Å². The zero-order chi connectivity index (χ0) is 13.1. The molecule has 1 aliphatic rings. The van der Waals surface area contributed by atoms with E-state index in [0.717, 1.165) is 5.56 Å². The lowest BCUT2D eigenvalue weighted by Gasteiger charge is -2.12. The van der Waals surface area contributed by atoms with Crippen molar-refractivity contribution in [3.8, 4) is 5.75 Å². The second-order valence-corrected chi connectivity index (χ2v) is 4.68. The van der Waals surface area contributed by atoms with Crippen LogP contribution in [0.4, 0.5) is 4.39 Å². The lowest BCUT2D eigenvalue weighted by Crippen LogP contribution is -2.35. The molecule has 0 saturated heterocycles. The molecule has 3 N–H and O–H groups in total. The predicted octanol–water partition coefficient (Wildman–Crippen LogP) is 2.11. The van der Waals surface area contributed by atoms with Gasteiger partial charge in [0.2, 0.25) is 0 Å². The number of hydrogen-bond donors (Lipinski definition) is 2. The van der Waals surface area contributed by atoms with Crippen LogP contribution >= 0.6 is 15.9 Å². The van der Waals surface area contributed by atoms with E-state index in [1.165, 1.54) is 6.07 Å². The van der Waals surface area contributed by atoms with E-state index in [-0.39, 0.29) is 11.9 Å². The van der Waals surface area contributed by atoms with Gasteiger partial charge >= 0.3 is 0 Å². The average molecular weight is 314 g/mol. The van der Waals surface area contributed by atoms with Gasteiger partial charge in [-0.1, -0.05) is 6.08 Å². The molecule has 0 amide bonds. The third-order valence-corrected chi connectivity index (χ3v) is 3.15. The Morgan fingerprint density at radius 3 is 3.22 bits per heavy atom. The fourth-order valence-electron chi connectivity index (χ4n) is 1.71. The van der Waals surface area contributed by atoms with E-state index in [1.54, 1.807) is 12.1 Å². The summed E-state index contributed by atoms with van der Waals surface area (Å²) in [5, 5.41) is 3.03. The zero-order valence-electron chi connectivity index (χ0n) is 9.62. The molecule has 1 aromatic rings. The van der Waals surface area contributed by atoms with Crippen LogP contribution in [0.1, 0.15) is 11.6 Å². The van der Waals surface area contributed by atoms with Crippen molar-refractivity contribution in [3.63, 3.8) is 0 Å². The van der Waals surface area contributed by atoms with Crippen LogP contribution in [0.15, 0.2) is 34.3 Å². The molecule has 1 unspecified atom stereocenters. The Morgan fingerprint density at radius 2 is 2.50 bits per heavy atom. The Morgan fingerprint density at radius 1 is 1.72 bits per heavy atom. The van der Waals surface area contributed by atoms with Gasteiger partial charge in [0, 0.05) is 11.6 Å². The van der Waals surface area contributed by atoms with Gasteiger partial charge in [-0.25, -0.2) is 9.38 Å². The quantitative estimate of drug-likeness (QED) is 0.510. The van der Waals surface area contributed by atoms with Crippen LogP contribution in [-0.2, 0) is 0 Å². The maximum atomic E-state index is 13.3. The molecule has 2 rings (SSSR count). The Balaban J connectivity index is 2.16. The number of nitrogens with two attached hydrogens (primary N) is 1. The molecule has 0 spiro atoms. The van der Waals surface area contributed by atoms with Gasteiger partial charge in [0.1, 0.15) is 18.2 Å². The largest absolute Gasteiger partial charge is 0.491 e. The summed E-state index contributed by atoms with van der Waals surface area (Å²) in [6.45, 7) is 4.41. The maximum absolute atomic E-state index is 13.3. The van der Waals surface area contributed by atoms with Crippen molar-refractivity contribution in [2.24, 2.45) is 10.7 Å². The van der Waals surface area contributed by atoms with E-state index in [1.807, 2.05) is 0 Å². The molecule has 0 saturated carbocycles. The smallest absolute Gasteiger partial charge is 0.189 e. The number of nitrogens with zero attached hydrogens (tertiary/aromatic N) is 1. The third kappa shape index (κ3) is 2.64. The standard InChI is InChI=1S/C12H13BrFN3O/c1-2-3-16-12(15)17-10-6-18-11-5-9(14)8(13)4-7(10)11/h2,4-5,10H,1,3,6H2,(H3,15,16,17). The number of guanidine groups is 1. The molecule has 0 radical (unpaired) electrons. The van der Waals surface area contributed by atoms with Crippen molar-refractivity contribution in [2.75, 3.05) is 13.2 Å². The van der Waals surface area contributed by atoms with Gasteiger partial charge in [-0.2, -0.15) is 0 Å². The van der Waals surface area contributed by atoms with Gasteiger partial charge in [0.25, 0.3) is 0 Å². The summed E-state index contributed by atoms with van der Waals surface area (Å²) >= 11 is 3.15. The van der Waals surface area contributed by atoms with Gasteiger partial charge in [-0.05, 0) is 22.0 Å². The van der Waals surface area contributed by atoms with E-state index in [0.29, 0.717) is 29.3 Å². The number of benzene rings is 1. The maximum Gasteiger partial charge on any atom is 0.189 e. The van der Waals surface area contributed by atoms with E-state index in [9.17, 15) is 4.39 Å².